The smallest absolute Gasteiger partial charge is 0.407 e. The van der Waals surface area contributed by atoms with Crippen molar-refractivity contribution in [3.63, 3.8) is 0 Å². The Morgan fingerprint density at radius 3 is 2.43 bits per heavy atom. The number of carbonyl (C=O) groups is 2. The number of amides is 1. The van der Waals surface area contributed by atoms with Gasteiger partial charge in [0, 0.05) is 12.2 Å². The largest absolute Gasteiger partial charge is 0.477 e. The maximum absolute atomic E-state index is 12.0. The first-order valence-electron chi connectivity index (χ1n) is 10.2. The number of benzene rings is 1. The fourth-order valence-corrected chi connectivity index (χ4v) is 3.50. The van der Waals surface area contributed by atoms with E-state index < -0.39 is 17.7 Å². The van der Waals surface area contributed by atoms with E-state index in [9.17, 15) is 14.7 Å². The average Bonchev–Trinajstić information content (AvgIpc) is 3.11. The normalized spacial score (nSPS) is 19.2. The number of alkyl carbamates (subject to hydrolysis) is 1. The molecule has 2 N–H and O–H groups in total. The maximum Gasteiger partial charge on any atom is 0.407 e. The lowest BCUT2D eigenvalue weighted by Crippen LogP contribution is -2.41. The van der Waals surface area contributed by atoms with Crippen LogP contribution >= 0.6 is 0 Å². The van der Waals surface area contributed by atoms with E-state index in [2.05, 4.69) is 10.4 Å². The summed E-state index contributed by atoms with van der Waals surface area (Å²) in [5.74, 6) is -0.940. The summed E-state index contributed by atoms with van der Waals surface area (Å²) >= 11 is 0. The highest BCUT2D eigenvalue weighted by Gasteiger charge is 2.28. The molecule has 1 aromatic heterocycles. The van der Waals surface area contributed by atoms with Gasteiger partial charge < -0.3 is 19.9 Å². The summed E-state index contributed by atoms with van der Waals surface area (Å²) in [7, 11) is 0. The molecule has 0 atom stereocenters. The molecule has 1 saturated carbocycles. The van der Waals surface area contributed by atoms with Crippen LogP contribution in [0.15, 0.2) is 36.5 Å². The summed E-state index contributed by atoms with van der Waals surface area (Å²) in [5, 5.41) is 16.8. The van der Waals surface area contributed by atoms with E-state index in [-0.39, 0.29) is 30.1 Å². The number of nitrogens with zero attached hydrogens (tertiary/aromatic N) is 2. The van der Waals surface area contributed by atoms with Crippen molar-refractivity contribution in [1.29, 1.82) is 0 Å². The van der Waals surface area contributed by atoms with Gasteiger partial charge in [0.2, 0.25) is 5.88 Å². The Balaban J connectivity index is 1.59. The number of hydrogen-bond donors (Lipinski definition) is 2. The third-order valence-corrected chi connectivity index (χ3v) is 4.94. The second kappa shape index (κ2) is 9.19. The lowest BCUT2D eigenvalue weighted by atomic mass is 9.91. The van der Waals surface area contributed by atoms with Gasteiger partial charge in [0.25, 0.3) is 0 Å². The number of nitrogens with one attached hydrogen (secondary N) is 1. The topological polar surface area (TPSA) is 103 Å². The molecule has 30 heavy (non-hydrogen) atoms. The first kappa shape index (κ1) is 21.7. The zero-order valence-electron chi connectivity index (χ0n) is 17.6. The molecule has 0 bridgehead atoms. The van der Waals surface area contributed by atoms with E-state index >= 15 is 0 Å². The third kappa shape index (κ3) is 5.98. The highest BCUT2D eigenvalue weighted by atomic mass is 16.6. The van der Waals surface area contributed by atoms with Crippen LogP contribution in [0.3, 0.4) is 0 Å². The first-order chi connectivity index (χ1) is 14.2. The first-order valence-corrected chi connectivity index (χ1v) is 10.2. The molecule has 162 valence electrons. The number of rotatable bonds is 6. The third-order valence-electron chi connectivity index (χ3n) is 4.94. The Bertz CT molecular complexity index is 865. The van der Waals surface area contributed by atoms with E-state index in [1.54, 1.807) is 4.68 Å². The predicted octanol–water partition coefficient (Wildman–Crippen LogP) is 4.17. The van der Waals surface area contributed by atoms with Crippen LogP contribution in [0.5, 0.6) is 5.88 Å². The van der Waals surface area contributed by atoms with Crippen molar-refractivity contribution in [3.8, 4) is 5.88 Å². The van der Waals surface area contributed by atoms with Gasteiger partial charge in [-0.05, 0) is 52.0 Å². The minimum absolute atomic E-state index is 0.0411. The van der Waals surface area contributed by atoms with Gasteiger partial charge in [-0.15, -0.1) is 5.10 Å². The van der Waals surface area contributed by atoms with Crippen molar-refractivity contribution in [2.45, 2.75) is 70.7 Å². The minimum atomic E-state index is -1.07. The Labute approximate surface area is 176 Å². The molecule has 1 aliphatic carbocycles. The van der Waals surface area contributed by atoms with Gasteiger partial charge >= 0.3 is 12.1 Å². The molecule has 3 rings (SSSR count). The molecule has 0 unspecified atom stereocenters. The van der Waals surface area contributed by atoms with E-state index in [4.69, 9.17) is 9.47 Å². The Kier molecular flexibility index (Phi) is 6.64. The van der Waals surface area contributed by atoms with Crippen molar-refractivity contribution >= 4 is 12.1 Å². The van der Waals surface area contributed by atoms with Crippen LogP contribution < -0.4 is 10.1 Å². The van der Waals surface area contributed by atoms with Gasteiger partial charge in [-0.2, -0.15) is 0 Å². The van der Waals surface area contributed by atoms with Crippen molar-refractivity contribution in [2.75, 3.05) is 0 Å². The van der Waals surface area contributed by atoms with Crippen LogP contribution in [0.1, 0.15) is 68.4 Å². The van der Waals surface area contributed by atoms with E-state index in [0.717, 1.165) is 31.2 Å². The molecule has 1 fully saturated rings. The molecule has 0 saturated heterocycles. The summed E-state index contributed by atoms with van der Waals surface area (Å²) < 4.78 is 12.7. The van der Waals surface area contributed by atoms with Crippen LogP contribution in [-0.2, 0) is 11.3 Å². The van der Waals surface area contributed by atoms with Crippen molar-refractivity contribution in [3.05, 3.63) is 47.7 Å². The van der Waals surface area contributed by atoms with Crippen LogP contribution in [0.4, 0.5) is 4.79 Å². The quantitative estimate of drug-likeness (QED) is 0.734. The molecule has 1 heterocycles. The van der Waals surface area contributed by atoms with Gasteiger partial charge in [-0.25, -0.2) is 9.59 Å². The minimum Gasteiger partial charge on any atom is -0.477 e. The van der Waals surface area contributed by atoms with Gasteiger partial charge in [0.05, 0.1) is 6.04 Å². The highest BCUT2D eigenvalue weighted by molar-refractivity contribution is 5.89. The van der Waals surface area contributed by atoms with Gasteiger partial charge in [-0.3, -0.25) is 4.68 Å². The number of aromatic nitrogens is 2. The molecule has 1 amide bonds. The second-order valence-electron chi connectivity index (χ2n) is 8.56. The number of carboxylic acid groups (broad SMARTS) is 1. The Morgan fingerprint density at radius 1 is 1.17 bits per heavy atom. The summed E-state index contributed by atoms with van der Waals surface area (Å²) in [6, 6.07) is 9.65. The number of ether oxygens (including phenoxy) is 2. The van der Waals surface area contributed by atoms with Crippen molar-refractivity contribution in [2.24, 2.45) is 0 Å². The summed E-state index contributed by atoms with van der Waals surface area (Å²) in [6.45, 7) is 5.75. The molecule has 1 aliphatic rings. The molecular weight excluding hydrogens is 386 g/mol. The molecule has 8 heteroatoms. The Morgan fingerprint density at radius 2 is 1.83 bits per heavy atom. The fourth-order valence-electron chi connectivity index (χ4n) is 3.50. The number of carbonyl (C=O) groups excluding carboxylic acids is 1. The van der Waals surface area contributed by atoms with Crippen molar-refractivity contribution in [1.82, 2.24) is 15.1 Å². The predicted molar refractivity (Wildman–Crippen MR) is 111 cm³/mol. The standard InChI is InChI=1S/C22H29N3O5/c1-22(2,3)30-21(28)23-16-9-11-17(12-10-16)25-13-18(20(26)27)19(24-25)29-14-15-7-5-4-6-8-15/h4-8,13,16-17H,9-12,14H2,1-3H3,(H,23,28)(H,26,27)/t16-,17-. The zero-order valence-corrected chi connectivity index (χ0v) is 17.6. The average molecular weight is 415 g/mol. The van der Waals surface area contributed by atoms with Gasteiger partial charge in [0.1, 0.15) is 17.8 Å². The van der Waals surface area contributed by atoms with Crippen LogP contribution in [0, 0.1) is 0 Å². The summed E-state index contributed by atoms with van der Waals surface area (Å²) in [4.78, 5) is 23.6. The van der Waals surface area contributed by atoms with Crippen LogP contribution in [0.2, 0.25) is 0 Å². The SMILES string of the molecule is CC(C)(C)OC(=O)N[C@H]1CC[C@H](n2cc(C(=O)O)c(OCc3ccccc3)n2)CC1. The van der Waals surface area contributed by atoms with Crippen LogP contribution in [0.25, 0.3) is 0 Å². The summed E-state index contributed by atoms with van der Waals surface area (Å²) in [5.41, 5.74) is 0.469. The molecular formula is C22H29N3O5. The van der Waals surface area contributed by atoms with Gasteiger partial charge in [-0.1, -0.05) is 30.3 Å². The zero-order chi connectivity index (χ0) is 21.7. The van der Waals surface area contributed by atoms with E-state index in [0.29, 0.717) is 0 Å². The van der Waals surface area contributed by atoms with E-state index in [1.807, 2.05) is 51.1 Å². The molecule has 8 nitrogen and oxygen atoms in total. The molecule has 0 aliphatic heterocycles. The molecule has 0 radical (unpaired) electrons. The lowest BCUT2D eigenvalue weighted by Gasteiger charge is -2.30. The lowest BCUT2D eigenvalue weighted by molar-refractivity contribution is 0.0486. The Hall–Kier alpha value is -3.03. The number of aromatic carboxylic acids is 1. The number of carboxylic acids is 1. The summed E-state index contributed by atoms with van der Waals surface area (Å²) in [6.07, 6.45) is 4.22. The van der Waals surface area contributed by atoms with Crippen molar-refractivity contribution < 1.29 is 24.2 Å². The highest BCUT2D eigenvalue weighted by Crippen LogP contribution is 2.30. The fraction of sp³-hybridized carbons (Fsp3) is 0.500. The van der Waals surface area contributed by atoms with Crippen LogP contribution in [-0.4, -0.2) is 38.6 Å². The van der Waals surface area contributed by atoms with E-state index in [1.165, 1.54) is 6.20 Å². The second-order valence-corrected chi connectivity index (χ2v) is 8.56. The number of hydrogen-bond acceptors (Lipinski definition) is 5. The molecule has 1 aromatic carbocycles. The molecule has 0 spiro atoms. The van der Waals surface area contributed by atoms with Gasteiger partial charge in [0.15, 0.2) is 0 Å². The monoisotopic (exact) mass is 415 g/mol. The molecule has 2 aromatic rings. The maximum atomic E-state index is 12.0.